The van der Waals surface area contributed by atoms with Crippen LogP contribution in [-0.2, 0) is 10.5 Å². The van der Waals surface area contributed by atoms with Crippen molar-refractivity contribution in [2.24, 2.45) is 0 Å². The van der Waals surface area contributed by atoms with Gasteiger partial charge in [0.05, 0.1) is 22.4 Å². The highest BCUT2D eigenvalue weighted by atomic mass is 32.2. The highest BCUT2D eigenvalue weighted by Gasteiger charge is 2.18. The number of benzene rings is 2. The molecule has 1 atom stereocenters. The first-order chi connectivity index (χ1) is 12.5. The van der Waals surface area contributed by atoms with Crippen LogP contribution >= 0.6 is 11.8 Å². The fraction of sp³-hybridized carbons (Fsp3) is 0.176. The van der Waals surface area contributed by atoms with Crippen LogP contribution < -0.4 is 5.32 Å². The van der Waals surface area contributed by atoms with Gasteiger partial charge in [0.1, 0.15) is 11.6 Å². The Morgan fingerprint density at radius 3 is 2.73 bits per heavy atom. The van der Waals surface area contributed by atoms with Gasteiger partial charge in [-0.3, -0.25) is 4.79 Å². The van der Waals surface area contributed by atoms with Gasteiger partial charge in [0.15, 0.2) is 5.82 Å². The van der Waals surface area contributed by atoms with Crippen molar-refractivity contribution >= 4 is 23.4 Å². The minimum atomic E-state index is -0.816. The van der Waals surface area contributed by atoms with Crippen LogP contribution in [0.2, 0.25) is 0 Å². The summed E-state index contributed by atoms with van der Waals surface area (Å²) in [7, 11) is 0. The van der Waals surface area contributed by atoms with E-state index in [1.54, 1.807) is 11.6 Å². The Bertz CT molecular complexity index is 903. The minimum absolute atomic E-state index is 0.0574. The van der Waals surface area contributed by atoms with Crippen molar-refractivity contribution in [2.75, 3.05) is 5.32 Å². The molecule has 6 nitrogen and oxygen atoms in total. The van der Waals surface area contributed by atoms with E-state index in [9.17, 15) is 13.6 Å². The van der Waals surface area contributed by atoms with Gasteiger partial charge in [0.25, 0.3) is 0 Å². The lowest BCUT2D eigenvalue weighted by Crippen LogP contribution is -2.23. The second-order valence-corrected chi connectivity index (χ2v) is 6.74. The average molecular weight is 375 g/mol. The molecule has 3 rings (SSSR count). The highest BCUT2D eigenvalue weighted by molar-refractivity contribution is 7.99. The summed E-state index contributed by atoms with van der Waals surface area (Å²) >= 11 is 1.31. The molecule has 0 radical (unpaired) electrons. The molecule has 0 bridgehead atoms. The normalized spacial score (nSPS) is 12.0. The predicted octanol–water partition coefficient (Wildman–Crippen LogP) is 3.20. The summed E-state index contributed by atoms with van der Waals surface area (Å²) in [4.78, 5) is 12.2. The Morgan fingerprint density at radius 1 is 1.23 bits per heavy atom. The lowest BCUT2D eigenvalue weighted by Gasteiger charge is -2.12. The lowest BCUT2D eigenvalue weighted by molar-refractivity contribution is -0.115. The first-order valence-electron chi connectivity index (χ1n) is 7.75. The third-order valence-corrected chi connectivity index (χ3v) is 4.69. The van der Waals surface area contributed by atoms with Crippen molar-refractivity contribution in [1.29, 1.82) is 0 Å². The second kappa shape index (κ2) is 8.05. The van der Waals surface area contributed by atoms with E-state index in [0.717, 1.165) is 17.8 Å². The van der Waals surface area contributed by atoms with E-state index in [-0.39, 0.29) is 11.6 Å². The maximum absolute atomic E-state index is 13.6. The quantitative estimate of drug-likeness (QED) is 0.716. The van der Waals surface area contributed by atoms with Crippen LogP contribution in [-0.4, -0.2) is 31.4 Å². The number of aromatic nitrogens is 4. The van der Waals surface area contributed by atoms with Crippen molar-refractivity contribution in [1.82, 2.24) is 20.2 Å². The van der Waals surface area contributed by atoms with Crippen LogP contribution in [0.25, 0.3) is 5.69 Å². The van der Waals surface area contributed by atoms with Crippen molar-refractivity contribution in [3.8, 4) is 5.69 Å². The summed E-state index contributed by atoms with van der Waals surface area (Å²) in [6.07, 6.45) is 0. The lowest BCUT2D eigenvalue weighted by atomic mass is 10.3. The molecule has 9 heteroatoms. The van der Waals surface area contributed by atoms with Gasteiger partial charge in [-0.2, -0.15) is 4.68 Å². The summed E-state index contributed by atoms with van der Waals surface area (Å²) in [6, 6.07) is 12.4. The molecular weight excluding hydrogens is 360 g/mol. The first kappa shape index (κ1) is 18.0. The van der Waals surface area contributed by atoms with Crippen LogP contribution in [0.3, 0.4) is 0 Å². The molecule has 134 valence electrons. The second-order valence-electron chi connectivity index (χ2n) is 5.41. The van der Waals surface area contributed by atoms with Crippen molar-refractivity contribution in [3.05, 3.63) is 66.0 Å². The van der Waals surface area contributed by atoms with Gasteiger partial charge in [-0.05, 0) is 41.6 Å². The molecule has 1 N–H and O–H groups in total. The SMILES string of the molecule is CC(SCc1nnnn1-c1ccccc1)C(=O)Nc1ccc(F)cc1F. The molecule has 0 aliphatic heterocycles. The molecule has 1 heterocycles. The Kier molecular flexibility index (Phi) is 5.57. The molecule has 0 spiro atoms. The number of amides is 1. The number of carbonyl (C=O) groups is 1. The molecule has 1 aromatic heterocycles. The van der Waals surface area contributed by atoms with Gasteiger partial charge < -0.3 is 5.32 Å². The monoisotopic (exact) mass is 375 g/mol. The van der Waals surface area contributed by atoms with Crippen molar-refractivity contribution in [2.45, 2.75) is 17.9 Å². The van der Waals surface area contributed by atoms with Crippen LogP contribution in [0.4, 0.5) is 14.5 Å². The summed E-state index contributed by atoms with van der Waals surface area (Å²) in [6.45, 7) is 1.69. The van der Waals surface area contributed by atoms with Gasteiger partial charge >= 0.3 is 0 Å². The van der Waals surface area contributed by atoms with E-state index in [1.165, 1.54) is 17.8 Å². The van der Waals surface area contributed by atoms with E-state index >= 15 is 0 Å². The number of para-hydroxylation sites is 1. The van der Waals surface area contributed by atoms with Crippen molar-refractivity contribution in [3.63, 3.8) is 0 Å². The molecule has 0 aliphatic rings. The van der Waals surface area contributed by atoms with Crippen LogP contribution in [0, 0.1) is 11.6 Å². The van der Waals surface area contributed by atoms with Crippen LogP contribution in [0.15, 0.2) is 48.5 Å². The molecule has 0 aliphatic carbocycles. The molecule has 0 saturated heterocycles. The van der Waals surface area contributed by atoms with Gasteiger partial charge in [-0.25, -0.2) is 8.78 Å². The molecule has 0 saturated carbocycles. The Hall–Kier alpha value is -2.81. The van der Waals surface area contributed by atoms with Crippen LogP contribution in [0.5, 0.6) is 0 Å². The van der Waals surface area contributed by atoms with E-state index in [2.05, 4.69) is 20.8 Å². The van der Waals surface area contributed by atoms with Gasteiger partial charge in [-0.1, -0.05) is 18.2 Å². The summed E-state index contributed by atoms with van der Waals surface area (Å²) in [5.41, 5.74) is 0.761. The third-order valence-electron chi connectivity index (χ3n) is 3.56. The molecule has 1 unspecified atom stereocenters. The highest BCUT2D eigenvalue weighted by Crippen LogP contribution is 2.21. The average Bonchev–Trinajstić information content (AvgIpc) is 3.11. The number of carbonyl (C=O) groups excluding carboxylic acids is 1. The number of thioether (sulfide) groups is 1. The zero-order chi connectivity index (χ0) is 18.5. The topological polar surface area (TPSA) is 72.7 Å². The number of halogens is 2. The zero-order valence-corrected chi connectivity index (χ0v) is 14.6. The summed E-state index contributed by atoms with van der Waals surface area (Å²) in [5.74, 6) is -0.921. The smallest absolute Gasteiger partial charge is 0.237 e. The summed E-state index contributed by atoms with van der Waals surface area (Å²) in [5, 5.41) is 13.6. The van der Waals surface area contributed by atoms with Gasteiger partial charge in [0, 0.05) is 6.07 Å². The number of hydrogen-bond donors (Lipinski definition) is 1. The standard InChI is InChI=1S/C17H15F2N5OS/c1-11(17(25)20-15-8-7-12(18)9-14(15)19)26-10-16-21-22-23-24(16)13-5-3-2-4-6-13/h2-9,11H,10H2,1H3,(H,20,25). The zero-order valence-electron chi connectivity index (χ0n) is 13.8. The fourth-order valence-corrected chi connectivity index (χ4v) is 2.96. The number of anilines is 1. The van der Waals surface area contributed by atoms with E-state index < -0.39 is 16.9 Å². The predicted molar refractivity (Wildman–Crippen MR) is 94.9 cm³/mol. The van der Waals surface area contributed by atoms with Crippen molar-refractivity contribution < 1.29 is 13.6 Å². The summed E-state index contributed by atoms with van der Waals surface area (Å²) < 4.78 is 28.1. The molecule has 26 heavy (non-hydrogen) atoms. The van der Waals surface area contributed by atoms with E-state index in [4.69, 9.17) is 0 Å². The maximum atomic E-state index is 13.6. The molecule has 1 amide bonds. The Balaban J connectivity index is 1.61. The Morgan fingerprint density at radius 2 is 2.00 bits per heavy atom. The fourth-order valence-electron chi connectivity index (χ4n) is 2.17. The number of nitrogens with zero attached hydrogens (tertiary/aromatic N) is 4. The molecular formula is C17H15F2N5OS. The third kappa shape index (κ3) is 4.23. The molecule has 2 aromatic carbocycles. The largest absolute Gasteiger partial charge is 0.323 e. The van der Waals surface area contributed by atoms with Gasteiger partial charge in [0.2, 0.25) is 5.91 Å². The maximum Gasteiger partial charge on any atom is 0.237 e. The number of tetrazole rings is 1. The molecule has 3 aromatic rings. The first-order valence-corrected chi connectivity index (χ1v) is 8.79. The van der Waals surface area contributed by atoms with E-state index in [1.807, 2.05) is 30.3 Å². The van der Waals surface area contributed by atoms with Crippen LogP contribution in [0.1, 0.15) is 12.7 Å². The van der Waals surface area contributed by atoms with Gasteiger partial charge in [-0.15, -0.1) is 16.9 Å². The molecule has 0 fully saturated rings. The Labute approximate surface area is 152 Å². The number of hydrogen-bond acceptors (Lipinski definition) is 5. The minimum Gasteiger partial charge on any atom is -0.323 e. The van der Waals surface area contributed by atoms with E-state index in [0.29, 0.717) is 11.6 Å². The number of nitrogens with one attached hydrogen (secondary N) is 1. The number of rotatable bonds is 6.